The van der Waals surface area contributed by atoms with Gasteiger partial charge in [0.05, 0.1) is 24.0 Å². The molecule has 0 bridgehead atoms. The van der Waals surface area contributed by atoms with Gasteiger partial charge in [-0.2, -0.15) is 0 Å². The molecule has 2 aromatic carbocycles. The molecule has 2 heterocycles. The lowest BCUT2D eigenvalue weighted by Crippen LogP contribution is -2.11. The van der Waals surface area contributed by atoms with Crippen molar-refractivity contribution in [1.29, 1.82) is 0 Å². The highest BCUT2D eigenvalue weighted by molar-refractivity contribution is 5.89. The minimum atomic E-state index is -0.686. The molecule has 0 aliphatic heterocycles. The number of fused-ring (bicyclic) bond motifs is 2. The molecule has 8 heteroatoms. The van der Waals surface area contributed by atoms with Crippen LogP contribution in [0.1, 0.15) is 46.8 Å². The summed E-state index contributed by atoms with van der Waals surface area (Å²) < 4.78 is 21.3. The van der Waals surface area contributed by atoms with Gasteiger partial charge < -0.3 is 18.3 Å². The molecule has 0 atom stereocenters. The van der Waals surface area contributed by atoms with Crippen molar-refractivity contribution in [3.05, 3.63) is 92.6 Å². The zero-order chi connectivity index (χ0) is 23.9. The Morgan fingerprint density at radius 2 is 1.03 bits per heavy atom. The maximum atomic E-state index is 12.1. The van der Waals surface area contributed by atoms with Gasteiger partial charge in [-0.15, -0.1) is 0 Å². The van der Waals surface area contributed by atoms with Gasteiger partial charge >= 0.3 is 11.9 Å². The van der Waals surface area contributed by atoms with Gasteiger partial charge in [0, 0.05) is 12.1 Å². The van der Waals surface area contributed by atoms with E-state index in [0.29, 0.717) is 34.8 Å². The van der Waals surface area contributed by atoms with Crippen LogP contribution in [0.4, 0.5) is 0 Å². The summed E-state index contributed by atoms with van der Waals surface area (Å²) in [7, 11) is 0. The number of carbonyl (C=O) groups excluding carboxylic acids is 2. The highest BCUT2D eigenvalue weighted by atomic mass is 16.5. The molecule has 4 aromatic rings. The lowest BCUT2D eigenvalue weighted by atomic mass is 10.2. The van der Waals surface area contributed by atoms with Crippen LogP contribution in [0.3, 0.4) is 0 Å². The number of ether oxygens (including phenoxy) is 2. The summed E-state index contributed by atoms with van der Waals surface area (Å²) in [6, 6.07) is 15.6. The molecule has 0 amide bonds. The fourth-order valence-electron chi connectivity index (χ4n) is 3.44. The van der Waals surface area contributed by atoms with Crippen molar-refractivity contribution in [3.63, 3.8) is 0 Å². The van der Waals surface area contributed by atoms with E-state index in [1.807, 2.05) is 0 Å². The Morgan fingerprint density at radius 1 is 0.618 bits per heavy atom. The monoisotopic (exact) mass is 462 g/mol. The average Bonchev–Trinajstić information content (AvgIpc) is 2.85. The molecule has 4 rings (SSSR count). The zero-order valence-corrected chi connectivity index (χ0v) is 18.3. The van der Waals surface area contributed by atoms with E-state index in [2.05, 4.69) is 0 Å². The van der Waals surface area contributed by atoms with E-state index < -0.39 is 11.9 Å². The Hall–Kier alpha value is -4.20. The molecular formula is C26H22O8. The lowest BCUT2D eigenvalue weighted by molar-refractivity contribution is 0.0439. The SMILES string of the molecule is O=C(OCCCCCCOC(=O)c1cc(=O)c2ccccc2o1)c1cc(=O)c2ccccc2o1. The highest BCUT2D eigenvalue weighted by Crippen LogP contribution is 2.14. The summed E-state index contributed by atoms with van der Waals surface area (Å²) in [5.41, 5.74) is 0.0662. The highest BCUT2D eigenvalue weighted by Gasteiger charge is 2.14. The number of hydrogen-bond acceptors (Lipinski definition) is 8. The Kier molecular flexibility index (Phi) is 7.17. The normalized spacial score (nSPS) is 10.9. The zero-order valence-electron chi connectivity index (χ0n) is 18.3. The minimum Gasteiger partial charge on any atom is -0.460 e. The largest absolute Gasteiger partial charge is 0.460 e. The quantitative estimate of drug-likeness (QED) is 0.264. The van der Waals surface area contributed by atoms with Crippen molar-refractivity contribution in [2.24, 2.45) is 0 Å². The number of para-hydroxylation sites is 2. The Bertz CT molecular complexity index is 1340. The van der Waals surface area contributed by atoms with Gasteiger partial charge in [-0.25, -0.2) is 9.59 Å². The molecule has 34 heavy (non-hydrogen) atoms. The van der Waals surface area contributed by atoms with Crippen molar-refractivity contribution < 1.29 is 27.9 Å². The summed E-state index contributed by atoms with van der Waals surface area (Å²) in [5, 5.41) is 0.810. The predicted octanol–water partition coefficient (Wildman–Crippen LogP) is 4.47. The van der Waals surface area contributed by atoms with Gasteiger partial charge in [0.15, 0.2) is 10.9 Å². The number of rotatable bonds is 9. The smallest absolute Gasteiger partial charge is 0.374 e. The summed E-state index contributed by atoms with van der Waals surface area (Å²) in [6.45, 7) is 0.356. The molecule has 174 valence electrons. The van der Waals surface area contributed by atoms with E-state index in [9.17, 15) is 19.2 Å². The van der Waals surface area contributed by atoms with Gasteiger partial charge in [0.1, 0.15) is 11.2 Å². The van der Waals surface area contributed by atoms with Crippen molar-refractivity contribution in [1.82, 2.24) is 0 Å². The van der Waals surface area contributed by atoms with Crippen LogP contribution in [-0.2, 0) is 9.47 Å². The standard InChI is InChI=1S/C26H22O8/c27-19-15-23(33-21-11-5-3-9-17(19)21)25(29)31-13-7-1-2-8-14-32-26(30)24-16-20(28)18-10-4-6-12-22(18)34-24/h3-6,9-12,15-16H,1-2,7-8,13-14H2. The van der Waals surface area contributed by atoms with E-state index in [0.717, 1.165) is 25.0 Å². The number of benzene rings is 2. The first-order chi connectivity index (χ1) is 16.5. The van der Waals surface area contributed by atoms with Crippen molar-refractivity contribution >= 4 is 33.9 Å². The predicted molar refractivity (Wildman–Crippen MR) is 124 cm³/mol. The maximum absolute atomic E-state index is 12.1. The van der Waals surface area contributed by atoms with Crippen LogP contribution >= 0.6 is 0 Å². The second-order valence-corrected chi connectivity index (χ2v) is 7.63. The topological polar surface area (TPSA) is 113 Å². The lowest BCUT2D eigenvalue weighted by Gasteiger charge is -2.06. The van der Waals surface area contributed by atoms with E-state index in [1.165, 1.54) is 0 Å². The molecule has 0 radical (unpaired) electrons. The Morgan fingerprint density at radius 3 is 1.47 bits per heavy atom. The van der Waals surface area contributed by atoms with E-state index in [-0.39, 0.29) is 35.6 Å². The molecule has 0 saturated heterocycles. The Labute approximate surface area is 193 Å². The van der Waals surface area contributed by atoms with Crippen LogP contribution in [0.2, 0.25) is 0 Å². The van der Waals surface area contributed by atoms with Crippen LogP contribution in [0.15, 0.2) is 79.1 Å². The molecule has 0 spiro atoms. The van der Waals surface area contributed by atoms with Crippen molar-refractivity contribution in [3.8, 4) is 0 Å². The maximum Gasteiger partial charge on any atom is 0.374 e. The fourth-order valence-corrected chi connectivity index (χ4v) is 3.44. The van der Waals surface area contributed by atoms with Gasteiger partial charge in [0.2, 0.25) is 11.5 Å². The molecule has 2 aromatic heterocycles. The third kappa shape index (κ3) is 5.40. The number of unbranched alkanes of at least 4 members (excludes halogenated alkanes) is 3. The molecule has 0 aliphatic rings. The third-order valence-electron chi connectivity index (χ3n) is 5.18. The number of hydrogen-bond donors (Lipinski definition) is 0. The van der Waals surface area contributed by atoms with Gasteiger partial charge in [-0.05, 0) is 49.9 Å². The molecule has 0 unspecified atom stereocenters. The second-order valence-electron chi connectivity index (χ2n) is 7.63. The summed E-state index contributed by atoms with van der Waals surface area (Å²) in [6.07, 6.45) is 2.71. The molecule has 0 aliphatic carbocycles. The molecular weight excluding hydrogens is 440 g/mol. The van der Waals surface area contributed by atoms with E-state index in [1.54, 1.807) is 48.5 Å². The van der Waals surface area contributed by atoms with Crippen LogP contribution in [0.25, 0.3) is 21.9 Å². The first-order valence-corrected chi connectivity index (χ1v) is 10.9. The molecule has 0 N–H and O–H groups in total. The number of carbonyl (C=O) groups is 2. The first kappa shape index (κ1) is 23.0. The van der Waals surface area contributed by atoms with Gasteiger partial charge in [-0.1, -0.05) is 24.3 Å². The summed E-state index contributed by atoms with van der Waals surface area (Å²) in [4.78, 5) is 48.4. The average molecular weight is 462 g/mol. The van der Waals surface area contributed by atoms with Crippen LogP contribution in [0.5, 0.6) is 0 Å². The minimum absolute atomic E-state index is 0.129. The van der Waals surface area contributed by atoms with Gasteiger partial charge in [0.25, 0.3) is 0 Å². The van der Waals surface area contributed by atoms with Crippen LogP contribution < -0.4 is 10.9 Å². The third-order valence-corrected chi connectivity index (χ3v) is 5.18. The molecule has 0 fully saturated rings. The molecule has 8 nitrogen and oxygen atoms in total. The van der Waals surface area contributed by atoms with Crippen LogP contribution in [0, 0.1) is 0 Å². The fraction of sp³-hybridized carbons (Fsp3) is 0.231. The first-order valence-electron chi connectivity index (χ1n) is 10.9. The van der Waals surface area contributed by atoms with E-state index in [4.69, 9.17) is 18.3 Å². The summed E-state index contributed by atoms with van der Waals surface area (Å²) >= 11 is 0. The number of esters is 2. The van der Waals surface area contributed by atoms with Gasteiger partial charge in [-0.3, -0.25) is 9.59 Å². The van der Waals surface area contributed by atoms with Crippen molar-refractivity contribution in [2.75, 3.05) is 13.2 Å². The van der Waals surface area contributed by atoms with Crippen LogP contribution in [-0.4, -0.2) is 25.2 Å². The summed E-state index contributed by atoms with van der Waals surface area (Å²) in [5.74, 6) is -1.63. The Balaban J connectivity index is 1.15. The second kappa shape index (κ2) is 10.6. The molecule has 0 saturated carbocycles. The van der Waals surface area contributed by atoms with E-state index >= 15 is 0 Å². The van der Waals surface area contributed by atoms with Crippen molar-refractivity contribution in [2.45, 2.75) is 25.7 Å².